The molecular weight excluding hydrogens is 753 g/mol. The molecule has 0 aliphatic heterocycles. The van der Waals surface area contributed by atoms with Crippen LogP contribution in [0.15, 0.2) is 12.1 Å². The Hall–Kier alpha value is -4.32. The van der Waals surface area contributed by atoms with E-state index in [1.165, 1.54) is 0 Å². The van der Waals surface area contributed by atoms with Gasteiger partial charge in [-0.2, -0.15) is 63.6 Å². The summed E-state index contributed by atoms with van der Waals surface area (Å²) in [7, 11) is -17.2. The second-order valence-corrected chi connectivity index (χ2v) is 16.5. The maximum Gasteiger partial charge on any atom is 0.266 e. The third kappa shape index (κ3) is 15.5. The van der Waals surface area contributed by atoms with Crippen molar-refractivity contribution in [1.29, 1.82) is 0 Å². The van der Waals surface area contributed by atoms with E-state index >= 15 is 0 Å². The van der Waals surface area contributed by atoms with Crippen molar-refractivity contribution in [1.82, 2.24) is 29.9 Å². The van der Waals surface area contributed by atoms with Gasteiger partial charge in [0.15, 0.2) is 0 Å². The molecule has 24 nitrogen and oxygen atoms in total. The SMILES string of the molecule is Cc1cc(Nc2nc(NCCS(=O)(=O)O)nc(NCCS(=O)(=O)O)n2)c(C)cc1Nc1nc(NCCS(=O)(=O)O)nc(NCCS(=O)(=O)O)n1. The van der Waals surface area contributed by atoms with Gasteiger partial charge in [-0.15, -0.1) is 0 Å². The Morgan fingerprint density at radius 1 is 0.440 bits per heavy atom. The van der Waals surface area contributed by atoms with E-state index in [0.717, 1.165) is 0 Å². The zero-order valence-electron chi connectivity index (χ0n) is 26.2. The summed E-state index contributed by atoms with van der Waals surface area (Å²) in [5.41, 5.74) is 2.16. The molecule has 28 heteroatoms. The molecule has 3 rings (SSSR count). The Morgan fingerprint density at radius 2 is 0.660 bits per heavy atom. The highest BCUT2D eigenvalue weighted by Gasteiger charge is 2.15. The summed E-state index contributed by atoms with van der Waals surface area (Å²) in [6.07, 6.45) is 0. The molecule has 10 N–H and O–H groups in total. The number of nitrogens with one attached hydrogen (secondary N) is 6. The molecule has 0 radical (unpaired) electrons. The Labute approximate surface area is 286 Å². The minimum atomic E-state index is -4.30. The van der Waals surface area contributed by atoms with E-state index < -0.39 is 63.5 Å². The van der Waals surface area contributed by atoms with E-state index in [9.17, 15) is 33.7 Å². The number of hydrogen-bond acceptors (Lipinski definition) is 20. The Balaban J connectivity index is 1.86. The van der Waals surface area contributed by atoms with Crippen molar-refractivity contribution >= 4 is 87.5 Å². The number of benzene rings is 1. The van der Waals surface area contributed by atoms with Crippen LogP contribution in [0.3, 0.4) is 0 Å². The largest absolute Gasteiger partial charge is 0.353 e. The number of aromatic nitrogens is 6. The highest BCUT2D eigenvalue weighted by Crippen LogP contribution is 2.28. The fraction of sp³-hybridized carbons (Fsp3) is 0.455. The topological polar surface area (TPSA) is 367 Å². The summed E-state index contributed by atoms with van der Waals surface area (Å²) in [4.78, 5) is 24.8. The zero-order chi connectivity index (χ0) is 37.3. The molecule has 50 heavy (non-hydrogen) atoms. The zero-order valence-corrected chi connectivity index (χ0v) is 29.4. The molecule has 0 unspecified atom stereocenters. The first-order chi connectivity index (χ1) is 23.0. The number of rotatable bonds is 20. The van der Waals surface area contributed by atoms with Gasteiger partial charge in [0.2, 0.25) is 35.7 Å². The van der Waals surface area contributed by atoms with Crippen molar-refractivity contribution in [3.05, 3.63) is 23.3 Å². The highest BCUT2D eigenvalue weighted by atomic mass is 32.2. The molecule has 2 aromatic heterocycles. The van der Waals surface area contributed by atoms with Crippen molar-refractivity contribution in [3.63, 3.8) is 0 Å². The van der Waals surface area contributed by atoms with Gasteiger partial charge in [-0.05, 0) is 37.1 Å². The highest BCUT2D eigenvalue weighted by molar-refractivity contribution is 7.86. The number of hydrogen-bond donors (Lipinski definition) is 10. The minimum Gasteiger partial charge on any atom is -0.353 e. The predicted octanol–water partition coefficient (Wildman–Crippen LogP) is -0.641. The summed E-state index contributed by atoms with van der Waals surface area (Å²) in [5, 5.41) is 16.4. The van der Waals surface area contributed by atoms with Gasteiger partial charge < -0.3 is 31.9 Å². The number of nitrogens with zero attached hydrogens (tertiary/aromatic N) is 6. The number of aryl methyl sites for hydroxylation is 2. The van der Waals surface area contributed by atoms with Gasteiger partial charge in [0.05, 0.1) is 23.0 Å². The molecule has 2 heterocycles. The van der Waals surface area contributed by atoms with Crippen molar-refractivity contribution in [2.75, 3.05) is 81.1 Å². The fourth-order valence-electron chi connectivity index (χ4n) is 3.67. The third-order valence-electron chi connectivity index (χ3n) is 5.91. The van der Waals surface area contributed by atoms with E-state index in [1.54, 1.807) is 26.0 Å². The normalized spacial score (nSPS) is 12.3. The van der Waals surface area contributed by atoms with Gasteiger partial charge in [-0.1, -0.05) is 0 Å². The maximum absolute atomic E-state index is 11.1. The van der Waals surface area contributed by atoms with Crippen LogP contribution in [0.25, 0.3) is 0 Å². The lowest BCUT2D eigenvalue weighted by molar-refractivity contribution is 0.481. The van der Waals surface area contributed by atoms with Crippen LogP contribution in [0.4, 0.5) is 47.1 Å². The van der Waals surface area contributed by atoms with Gasteiger partial charge in [-0.3, -0.25) is 18.2 Å². The molecule has 0 saturated carbocycles. The molecule has 0 spiro atoms. The summed E-state index contributed by atoms with van der Waals surface area (Å²) < 4.78 is 125. The molecule has 0 aliphatic carbocycles. The molecule has 0 aliphatic rings. The van der Waals surface area contributed by atoms with Gasteiger partial charge in [0, 0.05) is 37.6 Å². The third-order valence-corrected chi connectivity index (χ3v) is 8.79. The fourth-order valence-corrected chi connectivity index (χ4v) is 5.11. The van der Waals surface area contributed by atoms with E-state index in [4.69, 9.17) is 18.2 Å². The molecule has 3 aromatic rings. The molecule has 0 bridgehead atoms. The average Bonchev–Trinajstić information content (AvgIpc) is 2.93. The first-order valence-corrected chi connectivity index (χ1v) is 20.4. The van der Waals surface area contributed by atoms with Crippen LogP contribution in [0.2, 0.25) is 0 Å². The Kier molecular flexibility index (Phi) is 13.3. The molecular formula is C22H34N12O12S4. The molecule has 1 aromatic carbocycles. The van der Waals surface area contributed by atoms with Crippen LogP contribution < -0.4 is 31.9 Å². The molecule has 0 atom stereocenters. The Bertz CT molecular complexity index is 1860. The molecule has 0 amide bonds. The summed E-state index contributed by atoms with van der Waals surface area (Å²) in [6, 6.07) is 3.35. The first-order valence-electron chi connectivity index (χ1n) is 14.0. The van der Waals surface area contributed by atoms with Crippen molar-refractivity contribution in [2.45, 2.75) is 13.8 Å². The second kappa shape index (κ2) is 16.6. The second-order valence-electron chi connectivity index (χ2n) is 10.2. The summed E-state index contributed by atoms with van der Waals surface area (Å²) in [5.74, 6) is -3.31. The lowest BCUT2D eigenvalue weighted by atomic mass is 10.1. The van der Waals surface area contributed by atoms with Crippen LogP contribution in [0.1, 0.15) is 11.1 Å². The van der Waals surface area contributed by atoms with Crippen molar-refractivity contribution in [3.8, 4) is 0 Å². The maximum atomic E-state index is 11.1. The van der Waals surface area contributed by atoms with Gasteiger partial charge in [0.25, 0.3) is 40.5 Å². The Morgan fingerprint density at radius 3 is 0.880 bits per heavy atom. The van der Waals surface area contributed by atoms with E-state index in [2.05, 4.69) is 61.8 Å². The van der Waals surface area contributed by atoms with E-state index in [0.29, 0.717) is 22.5 Å². The van der Waals surface area contributed by atoms with Gasteiger partial charge in [-0.25, -0.2) is 0 Å². The van der Waals surface area contributed by atoms with Crippen LogP contribution in [0.5, 0.6) is 0 Å². The van der Waals surface area contributed by atoms with Gasteiger partial charge in [0.1, 0.15) is 0 Å². The lowest BCUT2D eigenvalue weighted by Crippen LogP contribution is -2.19. The van der Waals surface area contributed by atoms with E-state index in [-0.39, 0.29) is 61.9 Å². The number of anilines is 8. The first kappa shape index (κ1) is 40.1. The van der Waals surface area contributed by atoms with Crippen molar-refractivity contribution in [2.24, 2.45) is 0 Å². The van der Waals surface area contributed by atoms with E-state index in [1.807, 2.05) is 0 Å². The predicted molar refractivity (Wildman–Crippen MR) is 182 cm³/mol. The van der Waals surface area contributed by atoms with Crippen LogP contribution in [-0.4, -0.2) is 131 Å². The smallest absolute Gasteiger partial charge is 0.266 e. The minimum absolute atomic E-state index is 0.0643. The summed E-state index contributed by atoms with van der Waals surface area (Å²) >= 11 is 0. The molecule has 278 valence electrons. The average molecular weight is 787 g/mol. The quantitative estimate of drug-likeness (QED) is 0.0636. The van der Waals surface area contributed by atoms with Crippen LogP contribution in [-0.2, 0) is 40.5 Å². The standard InChI is InChI=1S/C22H34N12O12S4/c1-13-11-16(28-22-33-19(25-5-9-49(41,42)43)30-20(34-22)26-6-10-50(44,45)46)14(2)12-15(13)27-21-31-17(23-3-7-47(35,36)37)29-18(32-21)24-4-8-48(38,39)40/h11-12H,3-10H2,1-2H3,(H,35,36,37)(H,38,39,40)(H,41,42,43)(H,44,45,46)(H3,23,24,27,29,31,32)(H3,25,26,28,30,33,34). The molecule has 0 saturated heterocycles. The van der Waals surface area contributed by atoms with Crippen LogP contribution in [0, 0.1) is 13.8 Å². The van der Waals surface area contributed by atoms with Crippen molar-refractivity contribution < 1.29 is 51.9 Å². The molecule has 0 fully saturated rings. The van der Waals surface area contributed by atoms with Gasteiger partial charge >= 0.3 is 0 Å². The summed E-state index contributed by atoms with van der Waals surface area (Å²) in [6.45, 7) is 2.30. The monoisotopic (exact) mass is 786 g/mol. The van der Waals surface area contributed by atoms with Crippen LogP contribution >= 0.6 is 0 Å². The lowest BCUT2D eigenvalue weighted by Gasteiger charge is -2.16.